The van der Waals surface area contributed by atoms with E-state index in [0.717, 1.165) is 11.8 Å². The first-order valence-corrected chi connectivity index (χ1v) is 7.64. The number of halogens is 1. The molecule has 0 aliphatic rings. The minimum absolute atomic E-state index is 0.419. The van der Waals surface area contributed by atoms with Crippen molar-refractivity contribution >= 4 is 35.3 Å². The van der Waals surface area contributed by atoms with E-state index in [9.17, 15) is 0 Å². The molecule has 0 aromatic heterocycles. The average Bonchev–Trinajstić information content (AvgIpc) is 2.25. The first-order valence-electron chi connectivity index (χ1n) is 4.67. The molecule has 0 spiro atoms. The van der Waals surface area contributed by atoms with Crippen molar-refractivity contribution in [3.8, 4) is 0 Å². The fourth-order valence-corrected chi connectivity index (χ4v) is 3.54. The average molecular weight is 322 g/mol. The third-order valence-corrected chi connectivity index (χ3v) is 5.00. The van der Waals surface area contributed by atoms with E-state index < -0.39 is 0 Å². The van der Waals surface area contributed by atoms with Gasteiger partial charge in [0.15, 0.2) is 0 Å². The molecule has 0 radical (unpaired) electrons. The monoisotopic (exact) mass is 322 g/mol. The van der Waals surface area contributed by atoms with Gasteiger partial charge in [-0.05, 0) is 0 Å². The van der Waals surface area contributed by atoms with Crippen LogP contribution in [0.25, 0.3) is 0 Å². The molecule has 0 saturated carbocycles. The van der Waals surface area contributed by atoms with Crippen LogP contribution in [0.2, 0.25) is 0 Å². The number of benzene rings is 1. The zero-order chi connectivity index (χ0) is 10.2. The van der Waals surface area contributed by atoms with E-state index in [1.807, 2.05) is 7.11 Å². The number of hydrogen-bond donors (Lipinski definition) is 0. The third kappa shape index (κ3) is 4.61. The van der Waals surface area contributed by atoms with Crippen molar-refractivity contribution in [1.82, 2.24) is 0 Å². The van der Waals surface area contributed by atoms with E-state index in [2.05, 4.69) is 46.3 Å². The Balaban J connectivity index is 2.40. The minimum atomic E-state index is 0.419. The van der Waals surface area contributed by atoms with E-state index in [1.165, 1.54) is 10.9 Å². The van der Waals surface area contributed by atoms with Gasteiger partial charge in [0.05, 0.1) is 0 Å². The van der Waals surface area contributed by atoms with Gasteiger partial charge in [0, 0.05) is 0 Å². The van der Waals surface area contributed by atoms with Crippen LogP contribution in [0.1, 0.15) is 12.8 Å². The van der Waals surface area contributed by atoms with E-state index in [0.29, 0.717) is 20.0 Å². The molecule has 0 heterocycles. The second-order valence-electron chi connectivity index (χ2n) is 2.93. The summed E-state index contributed by atoms with van der Waals surface area (Å²) in [5.41, 5.74) is 0. The first kappa shape index (κ1) is 12.3. The maximum absolute atomic E-state index is 5.46. The predicted octanol–water partition coefficient (Wildman–Crippen LogP) is 2.16. The summed E-state index contributed by atoms with van der Waals surface area (Å²) in [5.74, 6) is 0. The molecule has 3 heteroatoms. The van der Waals surface area contributed by atoms with Gasteiger partial charge in [-0.1, -0.05) is 0 Å². The van der Waals surface area contributed by atoms with Gasteiger partial charge in [-0.2, -0.15) is 0 Å². The van der Waals surface area contributed by atoms with Crippen molar-refractivity contribution in [2.24, 2.45) is 0 Å². The van der Waals surface area contributed by atoms with Crippen molar-refractivity contribution in [3.05, 3.63) is 30.3 Å². The number of hydrogen-bond acceptors (Lipinski definition) is 1. The molecule has 14 heavy (non-hydrogen) atoms. The fraction of sp³-hybridized carbons (Fsp3) is 0.455. The van der Waals surface area contributed by atoms with Gasteiger partial charge in [0.2, 0.25) is 0 Å². The summed E-state index contributed by atoms with van der Waals surface area (Å²) in [5, 5.41) is 1.49. The standard InChI is InChI=1S/C11H15BrOSe/c1-13-11(8-5-9-12)14-10-6-3-2-4-7-10/h2-4,6-7,11H,5,8-9H2,1H3. The Morgan fingerprint density at radius 3 is 2.64 bits per heavy atom. The van der Waals surface area contributed by atoms with E-state index in [1.54, 1.807) is 0 Å². The molecular formula is C11H15BrOSe. The number of alkyl halides is 1. The molecule has 0 bridgehead atoms. The fourth-order valence-electron chi connectivity index (χ4n) is 1.12. The molecule has 0 aliphatic carbocycles. The Bertz CT molecular complexity index is 240. The van der Waals surface area contributed by atoms with Crippen LogP contribution in [0.15, 0.2) is 30.3 Å². The normalized spacial score (nSPS) is 12.7. The summed E-state index contributed by atoms with van der Waals surface area (Å²) in [6, 6.07) is 10.6. The third-order valence-electron chi connectivity index (χ3n) is 1.85. The van der Waals surface area contributed by atoms with Crippen LogP contribution in [-0.2, 0) is 4.74 Å². The van der Waals surface area contributed by atoms with Crippen LogP contribution in [0.4, 0.5) is 0 Å². The molecule has 1 rings (SSSR count). The molecule has 1 aromatic carbocycles. The zero-order valence-corrected chi connectivity index (χ0v) is 11.6. The van der Waals surface area contributed by atoms with Crippen LogP contribution in [0.5, 0.6) is 0 Å². The Hall–Kier alpha value is 0.179. The molecule has 1 aromatic rings. The summed E-state index contributed by atoms with van der Waals surface area (Å²) in [6.07, 6.45) is 2.34. The van der Waals surface area contributed by atoms with E-state index >= 15 is 0 Å². The molecule has 0 saturated heterocycles. The second-order valence-corrected chi connectivity index (χ2v) is 6.31. The van der Waals surface area contributed by atoms with Gasteiger partial charge in [-0.15, -0.1) is 0 Å². The van der Waals surface area contributed by atoms with Crippen LogP contribution in [0, 0.1) is 0 Å². The van der Waals surface area contributed by atoms with Gasteiger partial charge in [0.25, 0.3) is 0 Å². The summed E-state index contributed by atoms with van der Waals surface area (Å²) in [4.78, 5) is 0. The van der Waals surface area contributed by atoms with Crippen molar-refractivity contribution < 1.29 is 4.74 Å². The van der Waals surface area contributed by atoms with Crippen LogP contribution in [-0.4, -0.2) is 32.4 Å². The summed E-state index contributed by atoms with van der Waals surface area (Å²) >= 11 is 3.89. The van der Waals surface area contributed by atoms with Gasteiger partial charge in [0.1, 0.15) is 0 Å². The molecule has 1 nitrogen and oxygen atoms in total. The Kier molecular flexibility index (Phi) is 6.53. The molecule has 0 N–H and O–H groups in total. The number of ether oxygens (including phenoxy) is 1. The topological polar surface area (TPSA) is 9.23 Å². The molecular weight excluding hydrogens is 307 g/mol. The van der Waals surface area contributed by atoms with Gasteiger partial charge < -0.3 is 0 Å². The van der Waals surface area contributed by atoms with Crippen LogP contribution in [0.3, 0.4) is 0 Å². The van der Waals surface area contributed by atoms with Gasteiger partial charge in [-0.25, -0.2) is 0 Å². The molecule has 0 aliphatic heterocycles. The molecule has 1 unspecified atom stereocenters. The Morgan fingerprint density at radius 2 is 2.07 bits per heavy atom. The molecule has 1 atom stereocenters. The van der Waals surface area contributed by atoms with Crippen molar-refractivity contribution in [2.45, 2.75) is 17.8 Å². The molecule has 0 fully saturated rings. The van der Waals surface area contributed by atoms with E-state index in [-0.39, 0.29) is 0 Å². The quantitative estimate of drug-likeness (QED) is 0.576. The Labute approximate surface area is 101 Å². The maximum atomic E-state index is 5.46. The summed E-state index contributed by atoms with van der Waals surface area (Å²) in [7, 11) is 1.81. The van der Waals surface area contributed by atoms with Crippen molar-refractivity contribution in [2.75, 3.05) is 12.4 Å². The summed E-state index contributed by atoms with van der Waals surface area (Å²) < 4.78 is 6.88. The SMILES string of the molecule is COC(CCCBr)[Se]c1ccccc1. The molecule has 0 amide bonds. The van der Waals surface area contributed by atoms with Crippen molar-refractivity contribution in [1.29, 1.82) is 0 Å². The number of methoxy groups -OCH3 is 1. The first-order chi connectivity index (χ1) is 6.86. The second kappa shape index (κ2) is 7.47. The van der Waals surface area contributed by atoms with Crippen LogP contribution >= 0.6 is 15.9 Å². The van der Waals surface area contributed by atoms with E-state index in [4.69, 9.17) is 4.74 Å². The predicted molar refractivity (Wildman–Crippen MR) is 65.7 cm³/mol. The van der Waals surface area contributed by atoms with Crippen molar-refractivity contribution in [3.63, 3.8) is 0 Å². The zero-order valence-electron chi connectivity index (χ0n) is 8.28. The van der Waals surface area contributed by atoms with Gasteiger partial charge in [-0.3, -0.25) is 0 Å². The number of rotatable bonds is 6. The summed E-state index contributed by atoms with van der Waals surface area (Å²) in [6.45, 7) is 0. The van der Waals surface area contributed by atoms with Crippen LogP contribution < -0.4 is 4.46 Å². The molecule has 78 valence electrons. The van der Waals surface area contributed by atoms with Gasteiger partial charge >= 0.3 is 101 Å². The Morgan fingerprint density at radius 1 is 1.36 bits per heavy atom.